The van der Waals surface area contributed by atoms with Crippen LogP contribution in [-0.4, -0.2) is 36.7 Å². The van der Waals surface area contributed by atoms with Crippen LogP contribution < -0.4 is 10.6 Å². The SMILES string of the molecule is CC1CCC(CNC(C)C(=O)NC2CC2)O1. The fraction of sp³-hybridized carbons (Fsp3) is 0.917. The topological polar surface area (TPSA) is 50.4 Å². The van der Waals surface area contributed by atoms with Gasteiger partial charge in [-0.15, -0.1) is 0 Å². The number of hydrogen-bond acceptors (Lipinski definition) is 3. The van der Waals surface area contributed by atoms with Gasteiger partial charge in [0.1, 0.15) is 0 Å². The van der Waals surface area contributed by atoms with Gasteiger partial charge < -0.3 is 15.4 Å². The fourth-order valence-corrected chi connectivity index (χ4v) is 1.99. The molecule has 92 valence electrons. The molecule has 0 bridgehead atoms. The van der Waals surface area contributed by atoms with Gasteiger partial charge in [0, 0.05) is 12.6 Å². The first-order valence-corrected chi connectivity index (χ1v) is 6.34. The van der Waals surface area contributed by atoms with Crippen molar-refractivity contribution in [3.05, 3.63) is 0 Å². The second-order valence-electron chi connectivity index (χ2n) is 5.06. The lowest BCUT2D eigenvalue weighted by atomic mass is 10.2. The summed E-state index contributed by atoms with van der Waals surface area (Å²) in [5.74, 6) is 0.119. The molecule has 1 saturated heterocycles. The summed E-state index contributed by atoms with van der Waals surface area (Å²) < 4.78 is 5.69. The molecule has 0 aromatic rings. The number of carbonyl (C=O) groups excluding carboxylic acids is 1. The maximum atomic E-state index is 11.6. The summed E-state index contributed by atoms with van der Waals surface area (Å²) in [6.07, 6.45) is 5.18. The zero-order chi connectivity index (χ0) is 11.5. The van der Waals surface area contributed by atoms with Crippen molar-refractivity contribution in [2.45, 2.75) is 63.8 Å². The molecule has 0 spiro atoms. The fourth-order valence-electron chi connectivity index (χ4n) is 1.99. The van der Waals surface area contributed by atoms with E-state index in [4.69, 9.17) is 4.74 Å². The Morgan fingerprint density at radius 2 is 2.12 bits per heavy atom. The van der Waals surface area contributed by atoms with E-state index >= 15 is 0 Å². The third kappa shape index (κ3) is 3.46. The second-order valence-corrected chi connectivity index (χ2v) is 5.06. The highest BCUT2D eigenvalue weighted by atomic mass is 16.5. The van der Waals surface area contributed by atoms with Crippen molar-refractivity contribution >= 4 is 5.91 Å². The first-order chi connectivity index (χ1) is 7.65. The standard InChI is InChI=1S/C12H22N2O2/c1-8-3-6-11(16-8)7-13-9(2)12(15)14-10-4-5-10/h8-11,13H,3-7H2,1-2H3,(H,14,15). The van der Waals surface area contributed by atoms with Crippen molar-refractivity contribution in [2.24, 2.45) is 0 Å². The molecule has 2 rings (SSSR count). The highest BCUT2D eigenvalue weighted by Crippen LogP contribution is 2.19. The van der Waals surface area contributed by atoms with Gasteiger partial charge >= 0.3 is 0 Å². The molecule has 16 heavy (non-hydrogen) atoms. The summed E-state index contributed by atoms with van der Waals surface area (Å²) in [5.41, 5.74) is 0. The lowest BCUT2D eigenvalue weighted by molar-refractivity contribution is -0.123. The average Bonchev–Trinajstić information content (AvgIpc) is 2.96. The van der Waals surface area contributed by atoms with Gasteiger partial charge in [0.05, 0.1) is 18.2 Å². The predicted octanol–water partition coefficient (Wildman–Crippen LogP) is 0.811. The van der Waals surface area contributed by atoms with Gasteiger partial charge in [0.15, 0.2) is 0 Å². The van der Waals surface area contributed by atoms with E-state index in [0.29, 0.717) is 12.1 Å². The molecule has 1 aliphatic carbocycles. The highest BCUT2D eigenvalue weighted by Gasteiger charge is 2.26. The van der Waals surface area contributed by atoms with Gasteiger partial charge in [-0.3, -0.25) is 4.79 Å². The van der Waals surface area contributed by atoms with Crippen molar-refractivity contribution < 1.29 is 9.53 Å². The summed E-state index contributed by atoms with van der Waals surface area (Å²) in [7, 11) is 0. The molecule has 1 amide bonds. The Bertz CT molecular complexity index is 253. The zero-order valence-electron chi connectivity index (χ0n) is 10.2. The quantitative estimate of drug-likeness (QED) is 0.729. The normalized spacial score (nSPS) is 31.4. The lowest BCUT2D eigenvalue weighted by Crippen LogP contribution is -2.45. The van der Waals surface area contributed by atoms with Gasteiger partial charge in [-0.2, -0.15) is 0 Å². The minimum Gasteiger partial charge on any atom is -0.374 e. The Kier molecular flexibility index (Phi) is 3.82. The van der Waals surface area contributed by atoms with E-state index in [1.165, 1.54) is 0 Å². The monoisotopic (exact) mass is 226 g/mol. The smallest absolute Gasteiger partial charge is 0.237 e. The van der Waals surface area contributed by atoms with E-state index in [1.807, 2.05) is 6.92 Å². The number of nitrogens with one attached hydrogen (secondary N) is 2. The van der Waals surface area contributed by atoms with Crippen LogP contribution in [0.4, 0.5) is 0 Å². The van der Waals surface area contributed by atoms with Gasteiger partial charge in [0.25, 0.3) is 0 Å². The number of ether oxygens (including phenoxy) is 1. The van der Waals surface area contributed by atoms with Crippen LogP contribution in [0.2, 0.25) is 0 Å². The first-order valence-electron chi connectivity index (χ1n) is 6.34. The molecule has 2 N–H and O–H groups in total. The van der Waals surface area contributed by atoms with Crippen LogP contribution in [0.5, 0.6) is 0 Å². The summed E-state index contributed by atoms with van der Waals surface area (Å²) in [6.45, 7) is 4.79. The van der Waals surface area contributed by atoms with Crippen molar-refractivity contribution in [1.82, 2.24) is 10.6 Å². The Morgan fingerprint density at radius 1 is 1.38 bits per heavy atom. The largest absolute Gasteiger partial charge is 0.374 e. The van der Waals surface area contributed by atoms with E-state index in [9.17, 15) is 4.79 Å². The van der Waals surface area contributed by atoms with Crippen LogP contribution in [0.3, 0.4) is 0 Å². The Labute approximate surface area is 97.1 Å². The van der Waals surface area contributed by atoms with E-state index in [-0.39, 0.29) is 18.1 Å². The molecule has 3 unspecified atom stereocenters. The summed E-state index contributed by atoms with van der Waals surface area (Å²) in [4.78, 5) is 11.6. The van der Waals surface area contributed by atoms with E-state index in [1.54, 1.807) is 0 Å². The van der Waals surface area contributed by atoms with Crippen LogP contribution in [0.1, 0.15) is 39.5 Å². The Hall–Kier alpha value is -0.610. The molecular weight excluding hydrogens is 204 g/mol. The predicted molar refractivity (Wildman–Crippen MR) is 62.2 cm³/mol. The average molecular weight is 226 g/mol. The molecule has 4 heteroatoms. The molecule has 4 nitrogen and oxygen atoms in total. The van der Waals surface area contributed by atoms with Crippen LogP contribution in [0, 0.1) is 0 Å². The number of hydrogen-bond donors (Lipinski definition) is 2. The molecule has 0 aromatic carbocycles. The molecule has 1 heterocycles. The van der Waals surface area contributed by atoms with Gasteiger partial charge in [-0.05, 0) is 39.5 Å². The summed E-state index contributed by atoms with van der Waals surface area (Å²) in [6, 6.07) is 0.333. The Morgan fingerprint density at radius 3 is 2.69 bits per heavy atom. The van der Waals surface area contributed by atoms with Gasteiger partial charge in [-0.25, -0.2) is 0 Å². The molecule has 3 atom stereocenters. The van der Waals surface area contributed by atoms with E-state index < -0.39 is 0 Å². The first kappa shape index (κ1) is 11.9. The summed E-state index contributed by atoms with van der Waals surface area (Å²) >= 11 is 0. The van der Waals surface area contributed by atoms with E-state index in [0.717, 1.165) is 32.2 Å². The van der Waals surface area contributed by atoms with Crippen molar-refractivity contribution in [3.63, 3.8) is 0 Å². The van der Waals surface area contributed by atoms with Crippen LogP contribution in [0.25, 0.3) is 0 Å². The Balaban J connectivity index is 1.62. The lowest BCUT2D eigenvalue weighted by Gasteiger charge is -2.17. The third-order valence-electron chi connectivity index (χ3n) is 3.29. The van der Waals surface area contributed by atoms with Gasteiger partial charge in [0.2, 0.25) is 5.91 Å². The zero-order valence-corrected chi connectivity index (χ0v) is 10.2. The third-order valence-corrected chi connectivity index (χ3v) is 3.29. The number of rotatable bonds is 5. The molecule has 2 aliphatic rings. The molecular formula is C12H22N2O2. The molecule has 1 saturated carbocycles. The maximum Gasteiger partial charge on any atom is 0.237 e. The second kappa shape index (κ2) is 5.15. The number of carbonyl (C=O) groups is 1. The summed E-state index contributed by atoms with van der Waals surface area (Å²) in [5, 5.41) is 6.24. The van der Waals surface area contributed by atoms with Crippen molar-refractivity contribution in [3.8, 4) is 0 Å². The van der Waals surface area contributed by atoms with Crippen LogP contribution in [-0.2, 0) is 9.53 Å². The minimum absolute atomic E-state index is 0.111. The molecule has 0 aromatic heterocycles. The molecule has 1 aliphatic heterocycles. The minimum atomic E-state index is -0.111. The van der Waals surface area contributed by atoms with Crippen LogP contribution in [0.15, 0.2) is 0 Å². The number of amides is 1. The van der Waals surface area contributed by atoms with E-state index in [2.05, 4.69) is 17.6 Å². The molecule has 0 radical (unpaired) electrons. The van der Waals surface area contributed by atoms with Crippen LogP contribution >= 0.6 is 0 Å². The maximum absolute atomic E-state index is 11.6. The molecule has 2 fully saturated rings. The van der Waals surface area contributed by atoms with Gasteiger partial charge in [-0.1, -0.05) is 0 Å². The highest BCUT2D eigenvalue weighted by molar-refractivity contribution is 5.81. The van der Waals surface area contributed by atoms with Crippen molar-refractivity contribution in [1.29, 1.82) is 0 Å². The van der Waals surface area contributed by atoms with Crippen molar-refractivity contribution in [2.75, 3.05) is 6.54 Å².